The maximum Gasteiger partial charge on any atom is 0.243 e. The monoisotopic (exact) mass is 466 g/mol. The van der Waals surface area contributed by atoms with Gasteiger partial charge in [0, 0.05) is 23.7 Å². The number of rotatable bonds is 7. The first-order valence-corrected chi connectivity index (χ1v) is 11.9. The van der Waals surface area contributed by atoms with E-state index in [0.29, 0.717) is 35.9 Å². The molecule has 2 aromatic rings. The van der Waals surface area contributed by atoms with Crippen LogP contribution in [0.4, 0.5) is 0 Å². The molecule has 0 aromatic heterocycles. The number of benzene rings is 2. The van der Waals surface area contributed by atoms with Gasteiger partial charge in [-0.25, -0.2) is 8.42 Å². The Hall–Kier alpha value is -2.29. The minimum atomic E-state index is -3.69. The minimum Gasteiger partial charge on any atom is -0.497 e. The number of carbonyl (C=O) groups excluding carboxylic acids is 1. The summed E-state index contributed by atoms with van der Waals surface area (Å²) in [6.45, 7) is 2.38. The van der Waals surface area contributed by atoms with Crippen molar-refractivity contribution in [1.82, 2.24) is 9.62 Å². The van der Waals surface area contributed by atoms with Gasteiger partial charge in [-0.1, -0.05) is 11.6 Å². The van der Waals surface area contributed by atoms with Crippen LogP contribution in [0.2, 0.25) is 5.02 Å². The Morgan fingerprint density at radius 3 is 2.52 bits per heavy atom. The van der Waals surface area contributed by atoms with Crippen molar-refractivity contribution < 1.29 is 22.7 Å². The first-order chi connectivity index (χ1) is 14.8. The molecule has 0 aliphatic carbocycles. The molecule has 2 atom stereocenters. The molecule has 168 valence electrons. The maximum absolute atomic E-state index is 13.0. The number of sulfonamides is 1. The van der Waals surface area contributed by atoms with E-state index in [1.165, 1.54) is 16.4 Å². The van der Waals surface area contributed by atoms with E-state index in [1.807, 2.05) is 13.0 Å². The highest BCUT2D eigenvalue weighted by Gasteiger charge is 2.34. The summed E-state index contributed by atoms with van der Waals surface area (Å²) in [5, 5.41) is 3.47. The molecule has 0 radical (unpaired) electrons. The van der Waals surface area contributed by atoms with Gasteiger partial charge in [-0.3, -0.25) is 4.79 Å². The lowest BCUT2D eigenvalue weighted by atomic mass is 9.97. The van der Waals surface area contributed by atoms with Crippen molar-refractivity contribution in [3.8, 4) is 11.5 Å². The molecule has 1 saturated heterocycles. The number of piperidine rings is 1. The molecule has 2 aromatic carbocycles. The average Bonchev–Trinajstić information content (AvgIpc) is 2.78. The molecule has 9 heteroatoms. The maximum atomic E-state index is 13.0. The quantitative estimate of drug-likeness (QED) is 0.673. The molecule has 1 N–H and O–H groups in total. The normalized spacial score (nSPS) is 18.3. The highest BCUT2D eigenvalue weighted by molar-refractivity contribution is 7.89. The van der Waals surface area contributed by atoms with E-state index in [0.717, 1.165) is 5.56 Å². The second kappa shape index (κ2) is 9.89. The number of halogens is 1. The summed E-state index contributed by atoms with van der Waals surface area (Å²) in [5.74, 6) is 0.683. The topological polar surface area (TPSA) is 84.9 Å². The molecular formula is C22H27ClN2O5S. The van der Waals surface area contributed by atoms with Crippen LogP contribution in [0.5, 0.6) is 11.5 Å². The lowest BCUT2D eigenvalue weighted by molar-refractivity contribution is -0.126. The molecule has 0 unspecified atom stereocenters. The fourth-order valence-electron chi connectivity index (χ4n) is 3.72. The van der Waals surface area contributed by atoms with E-state index in [4.69, 9.17) is 21.1 Å². The number of hydrogen-bond acceptors (Lipinski definition) is 5. The predicted molar refractivity (Wildman–Crippen MR) is 119 cm³/mol. The first kappa shape index (κ1) is 23.4. The zero-order valence-electron chi connectivity index (χ0n) is 17.8. The molecule has 7 nitrogen and oxygen atoms in total. The highest BCUT2D eigenvalue weighted by Crippen LogP contribution is 2.30. The predicted octanol–water partition coefficient (Wildman–Crippen LogP) is 3.64. The van der Waals surface area contributed by atoms with E-state index in [-0.39, 0.29) is 23.4 Å². The van der Waals surface area contributed by atoms with Crippen molar-refractivity contribution >= 4 is 27.5 Å². The van der Waals surface area contributed by atoms with Gasteiger partial charge in [0.15, 0.2) is 0 Å². The van der Waals surface area contributed by atoms with E-state index in [9.17, 15) is 13.2 Å². The summed E-state index contributed by atoms with van der Waals surface area (Å²) in [6, 6.07) is 11.1. The molecule has 1 aliphatic heterocycles. The third-order valence-corrected chi connectivity index (χ3v) is 7.60. The zero-order chi connectivity index (χ0) is 22.6. The van der Waals surface area contributed by atoms with Crippen LogP contribution in [0.1, 0.15) is 31.4 Å². The number of nitrogens with zero attached hydrogens (tertiary/aromatic N) is 1. The van der Waals surface area contributed by atoms with Crippen LogP contribution in [-0.2, 0) is 14.8 Å². The van der Waals surface area contributed by atoms with Gasteiger partial charge in [0.05, 0.1) is 31.1 Å². The molecule has 0 spiro atoms. The SMILES string of the molecule is COc1ccc(OC)c([C@@H](C)NC(=O)[C@H]2CCCN(S(=O)(=O)c3ccc(Cl)cc3)C2)c1. The number of amides is 1. The summed E-state index contributed by atoms with van der Waals surface area (Å²) in [5.41, 5.74) is 0.789. The Kier molecular flexibility index (Phi) is 7.46. The first-order valence-electron chi connectivity index (χ1n) is 10.0. The van der Waals surface area contributed by atoms with Crippen molar-refractivity contribution in [2.24, 2.45) is 5.92 Å². The van der Waals surface area contributed by atoms with E-state index >= 15 is 0 Å². The summed E-state index contributed by atoms with van der Waals surface area (Å²) >= 11 is 5.87. The van der Waals surface area contributed by atoms with E-state index < -0.39 is 15.9 Å². The summed E-state index contributed by atoms with van der Waals surface area (Å²) in [4.78, 5) is 13.1. The van der Waals surface area contributed by atoms with Gasteiger partial charge in [0.2, 0.25) is 15.9 Å². The van der Waals surface area contributed by atoms with Crippen molar-refractivity contribution in [3.05, 3.63) is 53.1 Å². The Morgan fingerprint density at radius 2 is 1.87 bits per heavy atom. The molecule has 1 fully saturated rings. The third-order valence-electron chi connectivity index (χ3n) is 5.47. The third kappa shape index (κ3) is 5.31. The van der Waals surface area contributed by atoms with Gasteiger partial charge in [0.1, 0.15) is 11.5 Å². The molecular weight excluding hydrogens is 440 g/mol. The second-order valence-corrected chi connectivity index (χ2v) is 9.87. The summed E-state index contributed by atoms with van der Waals surface area (Å²) in [6.07, 6.45) is 1.24. The van der Waals surface area contributed by atoms with Gasteiger partial charge in [-0.05, 0) is 62.2 Å². The Bertz CT molecular complexity index is 1030. The van der Waals surface area contributed by atoms with E-state index in [1.54, 1.807) is 38.5 Å². The van der Waals surface area contributed by atoms with Crippen molar-refractivity contribution in [2.45, 2.75) is 30.7 Å². The molecule has 0 bridgehead atoms. The number of methoxy groups -OCH3 is 2. The molecule has 0 saturated carbocycles. The van der Waals surface area contributed by atoms with Crippen LogP contribution >= 0.6 is 11.6 Å². The van der Waals surface area contributed by atoms with Gasteiger partial charge in [-0.15, -0.1) is 0 Å². The minimum absolute atomic E-state index is 0.138. The van der Waals surface area contributed by atoms with Gasteiger partial charge in [-0.2, -0.15) is 4.31 Å². The van der Waals surface area contributed by atoms with Crippen molar-refractivity contribution in [1.29, 1.82) is 0 Å². The van der Waals surface area contributed by atoms with Crippen LogP contribution in [0, 0.1) is 5.92 Å². The summed E-state index contributed by atoms with van der Waals surface area (Å²) in [7, 11) is -0.541. The van der Waals surface area contributed by atoms with Crippen LogP contribution in [0.3, 0.4) is 0 Å². The average molecular weight is 467 g/mol. The Morgan fingerprint density at radius 1 is 1.16 bits per heavy atom. The molecule has 3 rings (SSSR count). The fraction of sp³-hybridized carbons (Fsp3) is 0.409. The van der Waals surface area contributed by atoms with Gasteiger partial charge >= 0.3 is 0 Å². The molecule has 1 heterocycles. The number of hydrogen-bond donors (Lipinski definition) is 1. The van der Waals surface area contributed by atoms with Gasteiger partial charge < -0.3 is 14.8 Å². The van der Waals surface area contributed by atoms with Crippen LogP contribution < -0.4 is 14.8 Å². The number of ether oxygens (including phenoxy) is 2. The van der Waals surface area contributed by atoms with Gasteiger partial charge in [0.25, 0.3) is 0 Å². The lowest BCUT2D eigenvalue weighted by Crippen LogP contribution is -2.45. The second-order valence-electron chi connectivity index (χ2n) is 7.49. The van der Waals surface area contributed by atoms with Crippen molar-refractivity contribution in [3.63, 3.8) is 0 Å². The number of carbonyl (C=O) groups is 1. The van der Waals surface area contributed by atoms with E-state index in [2.05, 4.69) is 5.32 Å². The zero-order valence-corrected chi connectivity index (χ0v) is 19.4. The standard InChI is InChI=1S/C22H27ClN2O5S/c1-15(20-13-18(29-2)8-11-21(20)30-3)24-22(26)16-5-4-12-25(14-16)31(27,28)19-9-6-17(23)7-10-19/h6-11,13,15-16H,4-5,12,14H2,1-3H3,(H,24,26)/t15-,16+/m1/s1. The largest absolute Gasteiger partial charge is 0.497 e. The van der Waals surface area contributed by atoms with Crippen LogP contribution in [0.15, 0.2) is 47.4 Å². The Labute approximate surface area is 188 Å². The summed E-state index contributed by atoms with van der Waals surface area (Å²) < 4.78 is 38.0. The van der Waals surface area contributed by atoms with Crippen molar-refractivity contribution in [2.75, 3.05) is 27.3 Å². The lowest BCUT2D eigenvalue weighted by Gasteiger charge is -2.32. The molecule has 1 amide bonds. The highest BCUT2D eigenvalue weighted by atomic mass is 35.5. The van der Waals surface area contributed by atoms with Crippen LogP contribution in [0.25, 0.3) is 0 Å². The fourth-order valence-corrected chi connectivity index (χ4v) is 5.37. The molecule has 1 aliphatic rings. The Balaban J connectivity index is 1.72. The molecule has 31 heavy (non-hydrogen) atoms. The smallest absolute Gasteiger partial charge is 0.243 e. The number of nitrogens with one attached hydrogen (secondary N) is 1. The van der Waals surface area contributed by atoms with Crippen LogP contribution in [-0.4, -0.2) is 45.9 Å².